The van der Waals surface area contributed by atoms with Gasteiger partial charge in [0, 0.05) is 18.7 Å². The lowest BCUT2D eigenvalue weighted by atomic mass is 10.0. The highest BCUT2D eigenvalue weighted by atomic mass is 16.4. The molecule has 1 heterocycles. The molecule has 0 radical (unpaired) electrons. The van der Waals surface area contributed by atoms with E-state index < -0.39 is 12.0 Å². The second-order valence-electron chi connectivity index (χ2n) is 6.61. The molecule has 1 fully saturated rings. The van der Waals surface area contributed by atoms with Gasteiger partial charge in [0.25, 0.3) is 5.91 Å². The zero-order valence-electron chi connectivity index (χ0n) is 14.9. The molecule has 0 saturated carbocycles. The quantitative estimate of drug-likeness (QED) is 0.823. The monoisotopic (exact) mass is 366 g/mol. The number of benzene rings is 2. The highest BCUT2D eigenvalue weighted by Gasteiger charge is 2.32. The van der Waals surface area contributed by atoms with Crippen molar-refractivity contribution in [1.29, 1.82) is 0 Å². The summed E-state index contributed by atoms with van der Waals surface area (Å²) in [4.78, 5) is 37.8. The van der Waals surface area contributed by atoms with Gasteiger partial charge in [0.1, 0.15) is 6.04 Å². The number of carbonyl (C=O) groups excluding carboxylic acids is 2. The van der Waals surface area contributed by atoms with E-state index >= 15 is 0 Å². The van der Waals surface area contributed by atoms with Crippen molar-refractivity contribution in [2.24, 2.45) is 0 Å². The number of anilines is 1. The topological polar surface area (TPSA) is 86.7 Å². The molecule has 27 heavy (non-hydrogen) atoms. The second kappa shape index (κ2) is 8.49. The maximum Gasteiger partial charge on any atom is 0.307 e. The maximum atomic E-state index is 13.0. The fraction of sp³-hybridized carbons (Fsp3) is 0.286. The van der Waals surface area contributed by atoms with E-state index in [1.807, 2.05) is 30.3 Å². The van der Waals surface area contributed by atoms with E-state index in [0.717, 1.165) is 18.4 Å². The molecule has 1 aliphatic heterocycles. The van der Waals surface area contributed by atoms with Crippen LogP contribution in [-0.4, -0.2) is 34.3 Å². The number of piperidine rings is 1. The van der Waals surface area contributed by atoms with Gasteiger partial charge in [-0.25, -0.2) is 0 Å². The van der Waals surface area contributed by atoms with E-state index in [1.54, 1.807) is 29.2 Å². The standard InChI is InChI=1S/C21H22N2O4/c24-18-8-4-5-13-23(18)20(16-6-2-1-3-7-16)21(27)22-17-11-9-15(10-12-17)14-19(25)26/h1-3,6-7,9-12,20H,4-5,8,13-14H2,(H,22,27)(H,25,26). The molecular formula is C21H22N2O4. The van der Waals surface area contributed by atoms with Gasteiger partial charge in [0.2, 0.25) is 5.91 Å². The van der Waals surface area contributed by atoms with E-state index in [4.69, 9.17) is 5.11 Å². The molecule has 2 aromatic carbocycles. The Labute approximate surface area is 157 Å². The molecule has 0 aromatic heterocycles. The lowest BCUT2D eigenvalue weighted by Gasteiger charge is -2.34. The SMILES string of the molecule is O=C(O)Cc1ccc(NC(=O)C(c2ccccc2)N2CCCCC2=O)cc1. The van der Waals surface area contributed by atoms with Crippen molar-refractivity contribution < 1.29 is 19.5 Å². The third kappa shape index (κ3) is 4.73. The first-order chi connectivity index (χ1) is 13.0. The summed E-state index contributed by atoms with van der Waals surface area (Å²) in [7, 11) is 0. The summed E-state index contributed by atoms with van der Waals surface area (Å²) in [5, 5.41) is 11.7. The molecule has 6 heteroatoms. The van der Waals surface area contributed by atoms with Crippen LogP contribution in [0.4, 0.5) is 5.69 Å². The zero-order chi connectivity index (χ0) is 19.2. The summed E-state index contributed by atoms with van der Waals surface area (Å²) in [6, 6.07) is 15.3. The van der Waals surface area contributed by atoms with Crippen LogP contribution in [0.1, 0.15) is 36.4 Å². The van der Waals surface area contributed by atoms with Crippen LogP contribution >= 0.6 is 0 Å². The van der Waals surface area contributed by atoms with Gasteiger partial charge in [-0.15, -0.1) is 0 Å². The largest absolute Gasteiger partial charge is 0.481 e. The minimum Gasteiger partial charge on any atom is -0.481 e. The number of rotatable bonds is 6. The number of carboxylic acids is 1. The van der Waals surface area contributed by atoms with E-state index in [1.165, 1.54) is 0 Å². The van der Waals surface area contributed by atoms with Crippen LogP contribution in [0.25, 0.3) is 0 Å². The molecule has 2 N–H and O–H groups in total. The Bertz CT molecular complexity index is 818. The summed E-state index contributed by atoms with van der Waals surface area (Å²) in [6.45, 7) is 0.559. The summed E-state index contributed by atoms with van der Waals surface area (Å²) >= 11 is 0. The van der Waals surface area contributed by atoms with Gasteiger partial charge in [0.15, 0.2) is 0 Å². The predicted molar refractivity (Wildman–Crippen MR) is 101 cm³/mol. The van der Waals surface area contributed by atoms with Crippen molar-refractivity contribution in [3.63, 3.8) is 0 Å². The molecule has 2 amide bonds. The molecule has 1 unspecified atom stereocenters. The maximum absolute atomic E-state index is 13.0. The van der Waals surface area contributed by atoms with Gasteiger partial charge in [0.05, 0.1) is 6.42 Å². The van der Waals surface area contributed by atoms with E-state index in [-0.39, 0.29) is 18.2 Å². The number of aliphatic carboxylic acids is 1. The summed E-state index contributed by atoms with van der Waals surface area (Å²) < 4.78 is 0. The minimum atomic E-state index is -0.903. The van der Waals surface area contributed by atoms with Gasteiger partial charge in [-0.3, -0.25) is 14.4 Å². The Kier molecular flexibility index (Phi) is 5.86. The van der Waals surface area contributed by atoms with Crippen molar-refractivity contribution in [2.75, 3.05) is 11.9 Å². The van der Waals surface area contributed by atoms with Crippen LogP contribution in [0.2, 0.25) is 0 Å². The van der Waals surface area contributed by atoms with E-state index in [0.29, 0.717) is 24.2 Å². The van der Waals surface area contributed by atoms with Gasteiger partial charge >= 0.3 is 5.97 Å². The highest BCUT2D eigenvalue weighted by Crippen LogP contribution is 2.27. The smallest absolute Gasteiger partial charge is 0.307 e. The Morgan fingerprint density at radius 1 is 1.04 bits per heavy atom. The molecule has 3 rings (SSSR count). The van der Waals surface area contributed by atoms with Gasteiger partial charge in [-0.1, -0.05) is 42.5 Å². The number of nitrogens with one attached hydrogen (secondary N) is 1. The van der Waals surface area contributed by atoms with Crippen molar-refractivity contribution in [1.82, 2.24) is 4.90 Å². The Morgan fingerprint density at radius 3 is 2.37 bits per heavy atom. The minimum absolute atomic E-state index is 0.0120. The first-order valence-corrected chi connectivity index (χ1v) is 9.00. The summed E-state index contributed by atoms with van der Waals surface area (Å²) in [5.41, 5.74) is 2.00. The third-order valence-electron chi connectivity index (χ3n) is 4.61. The van der Waals surface area contributed by atoms with Crippen molar-refractivity contribution in [3.05, 3.63) is 65.7 Å². The summed E-state index contributed by atoms with van der Waals surface area (Å²) in [6.07, 6.45) is 2.12. The van der Waals surface area contributed by atoms with Crippen LogP contribution < -0.4 is 5.32 Å². The number of hydrogen-bond donors (Lipinski definition) is 2. The molecule has 6 nitrogen and oxygen atoms in total. The molecular weight excluding hydrogens is 344 g/mol. The van der Waals surface area contributed by atoms with Gasteiger partial charge in [-0.05, 0) is 36.1 Å². The van der Waals surface area contributed by atoms with Gasteiger partial charge in [-0.2, -0.15) is 0 Å². The third-order valence-corrected chi connectivity index (χ3v) is 4.61. The Hall–Kier alpha value is -3.15. The highest BCUT2D eigenvalue weighted by molar-refractivity contribution is 5.98. The molecule has 2 aromatic rings. The van der Waals surface area contributed by atoms with E-state index in [2.05, 4.69) is 5.32 Å². The molecule has 1 saturated heterocycles. The molecule has 0 aliphatic carbocycles. The number of carbonyl (C=O) groups is 3. The number of hydrogen-bond acceptors (Lipinski definition) is 3. The Balaban J connectivity index is 1.80. The first kappa shape index (κ1) is 18.6. The number of likely N-dealkylation sites (tertiary alicyclic amines) is 1. The average Bonchev–Trinajstić information content (AvgIpc) is 2.66. The fourth-order valence-corrected chi connectivity index (χ4v) is 3.30. The molecule has 0 bridgehead atoms. The van der Waals surface area contributed by atoms with Gasteiger partial charge < -0.3 is 15.3 Å². The van der Waals surface area contributed by atoms with Crippen LogP contribution in [0.3, 0.4) is 0 Å². The fourth-order valence-electron chi connectivity index (χ4n) is 3.30. The molecule has 0 spiro atoms. The van der Waals surface area contributed by atoms with Crippen LogP contribution in [0, 0.1) is 0 Å². The predicted octanol–water partition coefficient (Wildman–Crippen LogP) is 3.01. The lowest BCUT2D eigenvalue weighted by molar-refractivity contribution is -0.141. The number of nitrogens with zero attached hydrogens (tertiary/aromatic N) is 1. The first-order valence-electron chi connectivity index (χ1n) is 9.00. The lowest BCUT2D eigenvalue weighted by Crippen LogP contribution is -2.43. The van der Waals surface area contributed by atoms with Crippen molar-refractivity contribution >= 4 is 23.5 Å². The number of amides is 2. The second-order valence-corrected chi connectivity index (χ2v) is 6.61. The van der Waals surface area contributed by atoms with Crippen LogP contribution in [0.5, 0.6) is 0 Å². The zero-order valence-corrected chi connectivity index (χ0v) is 14.9. The normalized spacial score (nSPS) is 15.3. The molecule has 1 atom stereocenters. The van der Waals surface area contributed by atoms with Crippen LogP contribution in [-0.2, 0) is 20.8 Å². The summed E-state index contributed by atoms with van der Waals surface area (Å²) in [5.74, 6) is -1.19. The molecule has 1 aliphatic rings. The van der Waals surface area contributed by atoms with Crippen LogP contribution in [0.15, 0.2) is 54.6 Å². The Morgan fingerprint density at radius 2 is 1.74 bits per heavy atom. The van der Waals surface area contributed by atoms with Crippen molar-refractivity contribution in [2.45, 2.75) is 31.7 Å². The van der Waals surface area contributed by atoms with E-state index in [9.17, 15) is 14.4 Å². The van der Waals surface area contributed by atoms with Crippen molar-refractivity contribution in [3.8, 4) is 0 Å². The average molecular weight is 366 g/mol. The molecule has 140 valence electrons. The number of carboxylic acid groups (broad SMARTS) is 1.